The first-order valence-electron chi connectivity index (χ1n) is 3.62. The molecule has 0 spiro atoms. The van der Waals surface area contributed by atoms with Crippen LogP contribution in [0.5, 0.6) is 5.75 Å². The third kappa shape index (κ3) is 2.77. The second-order valence-corrected chi connectivity index (χ2v) is 2.47. The van der Waals surface area contributed by atoms with Crippen LogP contribution in [0.4, 0.5) is 19.0 Å². The maximum atomic E-state index is 11.9. The Kier molecular flexibility index (Phi) is 2.80. The molecule has 0 bridgehead atoms. The van der Waals surface area contributed by atoms with E-state index < -0.39 is 12.1 Å². The van der Waals surface area contributed by atoms with Crippen LogP contribution in [-0.2, 0) is 6.54 Å². The van der Waals surface area contributed by atoms with Crippen LogP contribution in [0, 0.1) is 0 Å². The van der Waals surface area contributed by atoms with Crippen molar-refractivity contribution in [2.75, 3.05) is 5.73 Å². The first-order chi connectivity index (χ1) is 6.42. The van der Waals surface area contributed by atoms with Gasteiger partial charge in [-0.25, -0.2) is 4.98 Å². The van der Waals surface area contributed by atoms with Gasteiger partial charge in [0, 0.05) is 24.4 Å². The fourth-order valence-electron chi connectivity index (χ4n) is 0.853. The van der Waals surface area contributed by atoms with Gasteiger partial charge in [0.05, 0.1) is 0 Å². The van der Waals surface area contributed by atoms with Gasteiger partial charge < -0.3 is 16.2 Å². The lowest BCUT2D eigenvalue weighted by atomic mass is 10.2. The van der Waals surface area contributed by atoms with Crippen molar-refractivity contribution >= 4 is 5.82 Å². The van der Waals surface area contributed by atoms with Crippen molar-refractivity contribution in [3.05, 3.63) is 17.8 Å². The number of rotatable bonds is 2. The zero-order valence-electron chi connectivity index (χ0n) is 7.01. The minimum absolute atomic E-state index is 0.0542. The van der Waals surface area contributed by atoms with Crippen molar-refractivity contribution in [1.29, 1.82) is 0 Å². The molecule has 0 aliphatic rings. The smallest absolute Gasteiger partial charge is 0.405 e. The lowest BCUT2D eigenvalue weighted by Gasteiger charge is -2.12. The Labute approximate surface area is 77.7 Å². The Hall–Kier alpha value is -1.50. The molecule has 1 aromatic heterocycles. The highest BCUT2D eigenvalue weighted by Crippen LogP contribution is 2.26. The second-order valence-electron chi connectivity index (χ2n) is 2.47. The van der Waals surface area contributed by atoms with E-state index in [2.05, 4.69) is 9.72 Å². The highest BCUT2D eigenvalue weighted by Gasteiger charge is 2.32. The largest absolute Gasteiger partial charge is 0.573 e. The van der Waals surface area contributed by atoms with Crippen molar-refractivity contribution in [3.63, 3.8) is 0 Å². The van der Waals surface area contributed by atoms with Gasteiger partial charge in [-0.3, -0.25) is 0 Å². The summed E-state index contributed by atoms with van der Waals surface area (Å²) in [5, 5.41) is 0. The summed E-state index contributed by atoms with van der Waals surface area (Å²) in [7, 11) is 0. The average molecular weight is 207 g/mol. The molecule has 0 fully saturated rings. The van der Waals surface area contributed by atoms with E-state index in [0.29, 0.717) is 0 Å². The molecule has 0 amide bonds. The van der Waals surface area contributed by atoms with Gasteiger partial charge in [0.15, 0.2) is 0 Å². The van der Waals surface area contributed by atoms with Crippen LogP contribution >= 0.6 is 0 Å². The van der Waals surface area contributed by atoms with Crippen molar-refractivity contribution in [2.24, 2.45) is 5.73 Å². The van der Waals surface area contributed by atoms with E-state index in [1.54, 1.807) is 0 Å². The summed E-state index contributed by atoms with van der Waals surface area (Å²) in [4.78, 5) is 3.59. The maximum Gasteiger partial charge on any atom is 0.573 e. The SMILES string of the molecule is NCc1cnc(N)cc1OC(F)(F)F. The minimum Gasteiger partial charge on any atom is -0.405 e. The molecule has 0 aromatic carbocycles. The number of aromatic nitrogens is 1. The van der Waals surface area contributed by atoms with Gasteiger partial charge in [0.2, 0.25) is 0 Å². The molecule has 4 N–H and O–H groups in total. The van der Waals surface area contributed by atoms with Gasteiger partial charge in [-0.05, 0) is 0 Å². The fraction of sp³-hybridized carbons (Fsp3) is 0.286. The molecule has 0 saturated carbocycles. The van der Waals surface area contributed by atoms with Gasteiger partial charge >= 0.3 is 6.36 Å². The predicted molar refractivity (Wildman–Crippen MR) is 43.2 cm³/mol. The molecule has 14 heavy (non-hydrogen) atoms. The van der Waals surface area contributed by atoms with E-state index in [4.69, 9.17) is 11.5 Å². The molecule has 0 radical (unpaired) electrons. The third-order valence-electron chi connectivity index (χ3n) is 1.41. The predicted octanol–water partition coefficient (Wildman–Crippen LogP) is 1.02. The Bertz CT molecular complexity index is 326. The quantitative estimate of drug-likeness (QED) is 0.759. The summed E-state index contributed by atoms with van der Waals surface area (Å²) in [6.07, 6.45) is -3.60. The van der Waals surface area contributed by atoms with Crippen LogP contribution in [0.2, 0.25) is 0 Å². The van der Waals surface area contributed by atoms with Crippen LogP contribution in [0.15, 0.2) is 12.3 Å². The van der Waals surface area contributed by atoms with Gasteiger partial charge in [0.25, 0.3) is 0 Å². The molecule has 0 atom stereocenters. The lowest BCUT2D eigenvalue weighted by molar-refractivity contribution is -0.274. The highest BCUT2D eigenvalue weighted by atomic mass is 19.4. The van der Waals surface area contributed by atoms with Crippen molar-refractivity contribution in [3.8, 4) is 5.75 Å². The Morgan fingerprint density at radius 3 is 2.57 bits per heavy atom. The second kappa shape index (κ2) is 3.70. The van der Waals surface area contributed by atoms with Crippen molar-refractivity contribution in [1.82, 2.24) is 4.98 Å². The normalized spacial score (nSPS) is 11.4. The summed E-state index contributed by atoms with van der Waals surface area (Å²) >= 11 is 0. The molecule has 7 heteroatoms. The Balaban J connectivity index is 2.99. The van der Waals surface area contributed by atoms with Crippen molar-refractivity contribution < 1.29 is 17.9 Å². The molecular weight excluding hydrogens is 199 g/mol. The number of hydrogen-bond donors (Lipinski definition) is 2. The van der Waals surface area contributed by atoms with Gasteiger partial charge in [-0.15, -0.1) is 13.2 Å². The van der Waals surface area contributed by atoms with Gasteiger partial charge in [-0.2, -0.15) is 0 Å². The fourth-order valence-corrected chi connectivity index (χ4v) is 0.853. The van der Waals surface area contributed by atoms with E-state index in [9.17, 15) is 13.2 Å². The molecule has 0 unspecified atom stereocenters. The van der Waals surface area contributed by atoms with Crippen molar-refractivity contribution in [2.45, 2.75) is 12.9 Å². The maximum absolute atomic E-state index is 11.9. The number of pyridine rings is 1. The molecule has 78 valence electrons. The average Bonchev–Trinajstić information content (AvgIpc) is 2.01. The number of nitrogen functional groups attached to an aromatic ring is 1. The van der Waals surface area contributed by atoms with Gasteiger partial charge in [-0.1, -0.05) is 0 Å². The highest BCUT2D eigenvalue weighted by molar-refractivity contribution is 5.41. The number of nitrogens with two attached hydrogens (primary N) is 2. The summed E-state index contributed by atoms with van der Waals surface area (Å²) in [5.74, 6) is -0.464. The van der Waals surface area contributed by atoms with E-state index in [1.807, 2.05) is 0 Å². The van der Waals surface area contributed by atoms with E-state index in [0.717, 1.165) is 12.3 Å². The zero-order valence-corrected chi connectivity index (χ0v) is 7.01. The van der Waals surface area contributed by atoms with Crippen LogP contribution < -0.4 is 16.2 Å². The number of anilines is 1. The van der Waals surface area contributed by atoms with E-state index in [-0.39, 0.29) is 17.9 Å². The molecule has 0 aliphatic carbocycles. The molecule has 4 nitrogen and oxygen atoms in total. The molecule has 0 aliphatic heterocycles. The van der Waals surface area contributed by atoms with E-state index >= 15 is 0 Å². The molecule has 1 aromatic rings. The standard InChI is InChI=1S/C7H8F3N3O/c8-7(9,10)14-5-1-6(12)13-3-4(5)2-11/h1,3H,2,11H2,(H2,12,13). The summed E-state index contributed by atoms with van der Waals surface area (Å²) in [6, 6.07) is 0.982. The minimum atomic E-state index is -4.75. The summed E-state index contributed by atoms with van der Waals surface area (Å²) in [5.41, 5.74) is 10.5. The molecule has 1 rings (SSSR count). The number of ether oxygens (including phenoxy) is 1. The number of nitrogens with zero attached hydrogens (tertiary/aromatic N) is 1. The Morgan fingerprint density at radius 1 is 1.43 bits per heavy atom. The van der Waals surface area contributed by atoms with E-state index in [1.165, 1.54) is 0 Å². The first-order valence-corrected chi connectivity index (χ1v) is 3.62. The number of halogens is 3. The van der Waals surface area contributed by atoms with Crippen LogP contribution in [0.1, 0.15) is 5.56 Å². The monoisotopic (exact) mass is 207 g/mol. The van der Waals surface area contributed by atoms with Crippen LogP contribution in [-0.4, -0.2) is 11.3 Å². The first kappa shape index (κ1) is 10.6. The lowest BCUT2D eigenvalue weighted by Crippen LogP contribution is -2.19. The molecular formula is C7H8F3N3O. The third-order valence-corrected chi connectivity index (χ3v) is 1.41. The van der Waals surface area contributed by atoms with Crippen LogP contribution in [0.25, 0.3) is 0 Å². The Morgan fingerprint density at radius 2 is 2.07 bits per heavy atom. The zero-order chi connectivity index (χ0) is 10.8. The number of alkyl halides is 3. The molecule has 1 heterocycles. The number of hydrogen-bond acceptors (Lipinski definition) is 4. The van der Waals surface area contributed by atoms with Crippen LogP contribution in [0.3, 0.4) is 0 Å². The molecule has 0 saturated heterocycles. The summed E-state index contributed by atoms with van der Waals surface area (Å²) in [6.45, 7) is -0.0985. The van der Waals surface area contributed by atoms with Gasteiger partial charge in [0.1, 0.15) is 11.6 Å². The topological polar surface area (TPSA) is 74.2 Å². The summed E-state index contributed by atoms with van der Waals surface area (Å²) < 4.78 is 39.3.